The Morgan fingerprint density at radius 2 is 1.85 bits per heavy atom. The lowest BCUT2D eigenvalue weighted by Crippen LogP contribution is -2.49. The third-order valence-electron chi connectivity index (χ3n) is 8.41. The standard InChI is InChI=1S/C33H31ClN6/c1-5-22(4)38-12-14-39(15-13-38)33-25-17-27(34)24(32-20(2)10-11-28-26(32)19-35-37-28)18-30(25)40-29-9-7-6-8-23(29)21(3)16-31(40)36-33/h5-11,16-19,21H,1,4,12-15H2,2-3H3,(H,35,37). The van der Waals surface area contributed by atoms with Gasteiger partial charge in [0.1, 0.15) is 11.7 Å². The number of aliphatic imine (C=N–C) groups is 1. The van der Waals surface area contributed by atoms with Crippen molar-refractivity contribution in [3.05, 3.63) is 113 Å². The topological polar surface area (TPSA) is 50.8 Å². The molecule has 0 spiro atoms. The number of aryl methyl sites for hydroxylation is 1. The fourth-order valence-electron chi connectivity index (χ4n) is 6.27. The molecule has 1 aromatic heterocycles. The molecular weight excluding hydrogens is 516 g/mol. The van der Waals surface area contributed by atoms with Crippen LogP contribution in [0.1, 0.15) is 29.5 Å². The minimum absolute atomic E-state index is 0.260. The Balaban J connectivity index is 1.42. The average molecular weight is 547 g/mol. The minimum atomic E-state index is 0.260. The molecule has 7 heteroatoms. The number of rotatable bonds is 3. The maximum atomic E-state index is 7.15. The Morgan fingerprint density at radius 1 is 1.05 bits per heavy atom. The van der Waals surface area contributed by atoms with Gasteiger partial charge < -0.3 is 9.80 Å². The van der Waals surface area contributed by atoms with Crippen molar-refractivity contribution in [2.24, 2.45) is 4.99 Å². The van der Waals surface area contributed by atoms with Crippen LogP contribution in [0.2, 0.25) is 5.02 Å². The molecule has 1 saturated heterocycles. The van der Waals surface area contributed by atoms with Crippen LogP contribution in [0.5, 0.6) is 0 Å². The highest BCUT2D eigenvalue weighted by Gasteiger charge is 2.35. The van der Waals surface area contributed by atoms with E-state index in [1.54, 1.807) is 0 Å². The lowest BCUT2D eigenvalue weighted by atomic mass is 9.91. The molecule has 0 radical (unpaired) electrons. The van der Waals surface area contributed by atoms with E-state index in [-0.39, 0.29) is 5.92 Å². The number of allylic oxidation sites excluding steroid dienone is 2. The summed E-state index contributed by atoms with van der Waals surface area (Å²) in [5, 5.41) is 9.20. The van der Waals surface area contributed by atoms with Gasteiger partial charge in [-0.2, -0.15) is 5.10 Å². The second-order valence-electron chi connectivity index (χ2n) is 10.8. The number of halogens is 1. The predicted octanol–water partition coefficient (Wildman–Crippen LogP) is 7.37. The van der Waals surface area contributed by atoms with Crippen molar-refractivity contribution in [3.63, 3.8) is 0 Å². The van der Waals surface area contributed by atoms with Gasteiger partial charge in [-0.25, -0.2) is 4.99 Å². The van der Waals surface area contributed by atoms with Gasteiger partial charge in [-0.1, -0.05) is 55.9 Å². The number of nitrogens with one attached hydrogen (secondary N) is 1. The minimum Gasteiger partial charge on any atom is -0.368 e. The van der Waals surface area contributed by atoms with Crippen molar-refractivity contribution in [2.45, 2.75) is 19.8 Å². The Morgan fingerprint density at radius 3 is 2.65 bits per heavy atom. The Labute approximate surface area is 239 Å². The van der Waals surface area contributed by atoms with E-state index < -0.39 is 0 Å². The van der Waals surface area contributed by atoms with E-state index in [2.05, 4.69) is 107 Å². The molecular formula is C33H31ClN6. The van der Waals surface area contributed by atoms with Crippen molar-refractivity contribution in [1.29, 1.82) is 0 Å². The Bertz CT molecular complexity index is 1750. The largest absolute Gasteiger partial charge is 0.368 e. The van der Waals surface area contributed by atoms with Crippen LogP contribution in [-0.2, 0) is 0 Å². The van der Waals surface area contributed by atoms with Gasteiger partial charge in [0.05, 0.1) is 23.1 Å². The highest BCUT2D eigenvalue weighted by atomic mass is 35.5. The number of hydrogen-bond donors (Lipinski definition) is 1. The van der Waals surface area contributed by atoms with Gasteiger partial charge in [-0.05, 0) is 60.0 Å². The molecule has 0 aliphatic carbocycles. The summed E-state index contributed by atoms with van der Waals surface area (Å²) >= 11 is 7.15. The predicted molar refractivity (Wildman–Crippen MR) is 165 cm³/mol. The van der Waals surface area contributed by atoms with E-state index in [9.17, 15) is 0 Å². The lowest BCUT2D eigenvalue weighted by Gasteiger charge is -2.42. The molecule has 7 rings (SSSR count). The third-order valence-corrected chi connectivity index (χ3v) is 8.72. The van der Waals surface area contributed by atoms with Crippen LogP contribution in [0.15, 0.2) is 96.5 Å². The molecule has 4 aromatic rings. The van der Waals surface area contributed by atoms with Gasteiger partial charge in [-0.15, -0.1) is 0 Å². The van der Waals surface area contributed by atoms with Crippen LogP contribution >= 0.6 is 11.6 Å². The molecule has 3 aromatic carbocycles. The summed E-state index contributed by atoms with van der Waals surface area (Å²) in [5.74, 6) is 2.19. The number of hydrogen-bond acceptors (Lipinski definition) is 5. The number of para-hydroxylation sites is 1. The number of aromatic nitrogens is 2. The van der Waals surface area contributed by atoms with Crippen molar-refractivity contribution in [3.8, 4) is 11.1 Å². The molecule has 1 fully saturated rings. The molecule has 6 nitrogen and oxygen atoms in total. The van der Waals surface area contributed by atoms with Crippen molar-refractivity contribution < 1.29 is 0 Å². The van der Waals surface area contributed by atoms with Gasteiger partial charge in [0, 0.05) is 59.3 Å². The summed E-state index contributed by atoms with van der Waals surface area (Å²) in [6.07, 6.45) is 5.99. The maximum absolute atomic E-state index is 7.15. The number of benzene rings is 3. The molecule has 1 atom stereocenters. The molecule has 200 valence electrons. The number of fused-ring (bicyclic) bond motifs is 6. The quantitative estimate of drug-likeness (QED) is 0.273. The molecule has 0 bridgehead atoms. The number of anilines is 2. The first-order valence-corrected chi connectivity index (χ1v) is 14.1. The van der Waals surface area contributed by atoms with Gasteiger partial charge >= 0.3 is 0 Å². The van der Waals surface area contributed by atoms with E-state index in [0.717, 1.165) is 88.1 Å². The average Bonchev–Trinajstić information content (AvgIpc) is 3.45. The fourth-order valence-corrected chi connectivity index (χ4v) is 6.53. The van der Waals surface area contributed by atoms with E-state index in [0.29, 0.717) is 5.02 Å². The molecule has 0 saturated carbocycles. The van der Waals surface area contributed by atoms with E-state index in [1.807, 2.05) is 12.3 Å². The first kappa shape index (κ1) is 24.7. The summed E-state index contributed by atoms with van der Waals surface area (Å²) in [6, 6.07) is 17.2. The van der Waals surface area contributed by atoms with E-state index >= 15 is 0 Å². The van der Waals surface area contributed by atoms with Gasteiger partial charge in [0.2, 0.25) is 0 Å². The van der Waals surface area contributed by atoms with E-state index in [1.165, 1.54) is 5.56 Å². The fraction of sp³-hybridized carbons (Fsp3) is 0.212. The Hall–Kier alpha value is -4.29. The van der Waals surface area contributed by atoms with Crippen molar-refractivity contribution in [2.75, 3.05) is 31.1 Å². The monoisotopic (exact) mass is 546 g/mol. The molecule has 3 aliphatic heterocycles. The zero-order valence-corrected chi connectivity index (χ0v) is 23.5. The van der Waals surface area contributed by atoms with Gasteiger partial charge in [-0.3, -0.25) is 10.00 Å². The van der Waals surface area contributed by atoms with E-state index in [4.69, 9.17) is 16.6 Å². The molecule has 0 amide bonds. The normalized spacial score (nSPS) is 18.1. The maximum Gasteiger partial charge on any atom is 0.140 e. The van der Waals surface area contributed by atoms with Crippen LogP contribution in [-0.4, -0.2) is 52.0 Å². The molecule has 1 unspecified atom stereocenters. The SMILES string of the molecule is C=CC(=C)N1CCN(C2=NC3=CC(C)c4ccccc4N3c3cc(-c4c(C)ccc5[nH]ncc45)c(Cl)cc32)CC1. The highest BCUT2D eigenvalue weighted by molar-refractivity contribution is 6.34. The molecule has 40 heavy (non-hydrogen) atoms. The zero-order valence-electron chi connectivity index (χ0n) is 22.8. The van der Waals surface area contributed by atoms with Crippen molar-refractivity contribution in [1.82, 2.24) is 20.0 Å². The van der Waals surface area contributed by atoms with Crippen LogP contribution < -0.4 is 4.90 Å². The summed E-state index contributed by atoms with van der Waals surface area (Å²) in [4.78, 5) is 12.3. The van der Waals surface area contributed by atoms with Crippen LogP contribution in [0.4, 0.5) is 11.4 Å². The molecule has 1 N–H and O–H groups in total. The summed E-state index contributed by atoms with van der Waals surface area (Å²) < 4.78 is 0. The van der Waals surface area contributed by atoms with Gasteiger partial charge in [0.15, 0.2) is 0 Å². The number of amidine groups is 1. The summed E-state index contributed by atoms with van der Waals surface area (Å²) in [6.45, 7) is 15.8. The number of H-pyrrole nitrogens is 1. The van der Waals surface area contributed by atoms with Crippen molar-refractivity contribution >= 4 is 39.7 Å². The third kappa shape index (κ3) is 3.78. The molecule has 4 heterocycles. The van der Waals surface area contributed by atoms with Crippen LogP contribution in [0.3, 0.4) is 0 Å². The summed E-state index contributed by atoms with van der Waals surface area (Å²) in [5.41, 5.74) is 9.80. The highest BCUT2D eigenvalue weighted by Crippen LogP contribution is 2.48. The second-order valence-corrected chi connectivity index (χ2v) is 11.2. The number of aromatic amines is 1. The number of nitrogens with zero attached hydrogens (tertiary/aromatic N) is 5. The zero-order chi connectivity index (χ0) is 27.5. The summed E-state index contributed by atoms with van der Waals surface area (Å²) in [7, 11) is 0. The van der Waals surface area contributed by atoms with Crippen LogP contribution in [0.25, 0.3) is 22.0 Å². The van der Waals surface area contributed by atoms with Gasteiger partial charge in [0.25, 0.3) is 0 Å². The second kappa shape index (κ2) is 9.42. The first-order valence-electron chi connectivity index (χ1n) is 13.7. The van der Waals surface area contributed by atoms with Crippen LogP contribution in [0, 0.1) is 6.92 Å². The first-order chi connectivity index (χ1) is 19.4. The smallest absolute Gasteiger partial charge is 0.140 e. The lowest BCUT2D eigenvalue weighted by molar-refractivity contribution is 0.227. The molecule has 3 aliphatic rings. The number of piperazine rings is 1. The Kier molecular flexibility index (Phi) is 5.82.